The van der Waals surface area contributed by atoms with Crippen molar-refractivity contribution in [3.8, 4) is 0 Å². The van der Waals surface area contributed by atoms with E-state index in [1.54, 1.807) is 12.1 Å². The molecule has 0 aliphatic carbocycles. The number of hydrogen-bond donors (Lipinski definition) is 1. The second-order valence-electron chi connectivity index (χ2n) is 5.12. The first kappa shape index (κ1) is 15.3. The van der Waals surface area contributed by atoms with Gasteiger partial charge < -0.3 is 10.2 Å². The molecular formula is C14H23N3O2. The molecule has 1 aromatic carbocycles. The Hall–Kier alpha value is -1.78. The van der Waals surface area contributed by atoms with Gasteiger partial charge in [-0.15, -0.1) is 0 Å². The van der Waals surface area contributed by atoms with Crippen LogP contribution in [0.1, 0.15) is 27.7 Å². The van der Waals surface area contributed by atoms with Gasteiger partial charge in [0.25, 0.3) is 5.69 Å². The molecule has 0 amide bonds. The quantitative estimate of drug-likeness (QED) is 0.631. The van der Waals surface area contributed by atoms with Gasteiger partial charge in [0.05, 0.1) is 4.92 Å². The second kappa shape index (κ2) is 6.41. The van der Waals surface area contributed by atoms with E-state index in [1.165, 1.54) is 0 Å². The molecule has 0 saturated heterocycles. The minimum absolute atomic E-state index is 0.122. The van der Waals surface area contributed by atoms with Crippen molar-refractivity contribution in [1.82, 2.24) is 0 Å². The van der Waals surface area contributed by atoms with Crippen LogP contribution in [0, 0.1) is 16.0 Å². The average Bonchev–Trinajstić information content (AvgIpc) is 2.36. The number of nitrogens with zero attached hydrogens (tertiary/aromatic N) is 2. The molecule has 0 radical (unpaired) electrons. The van der Waals surface area contributed by atoms with Crippen LogP contribution in [0.2, 0.25) is 0 Å². The maximum absolute atomic E-state index is 11.0. The Bertz CT molecular complexity index is 446. The number of nitro benzene ring substituents is 1. The van der Waals surface area contributed by atoms with Crippen LogP contribution in [-0.2, 0) is 0 Å². The molecule has 0 fully saturated rings. The molecule has 0 spiro atoms. The summed E-state index contributed by atoms with van der Waals surface area (Å²) in [4.78, 5) is 12.7. The molecule has 1 aromatic rings. The molecule has 5 heteroatoms. The summed E-state index contributed by atoms with van der Waals surface area (Å²) in [5.74, 6) is 0.479. The highest BCUT2D eigenvalue weighted by molar-refractivity contribution is 5.64. The van der Waals surface area contributed by atoms with Crippen LogP contribution in [0.25, 0.3) is 0 Å². The predicted molar refractivity (Wildman–Crippen MR) is 80.0 cm³/mol. The molecule has 1 N–H and O–H groups in total. The lowest BCUT2D eigenvalue weighted by atomic mass is 10.0. The van der Waals surface area contributed by atoms with E-state index < -0.39 is 0 Å². The zero-order chi connectivity index (χ0) is 14.6. The summed E-state index contributed by atoms with van der Waals surface area (Å²) in [6, 6.07) is 5.46. The number of nitrogens with one attached hydrogen (secondary N) is 1. The van der Waals surface area contributed by atoms with Crippen molar-refractivity contribution in [3.63, 3.8) is 0 Å². The van der Waals surface area contributed by atoms with Gasteiger partial charge in [0.15, 0.2) is 0 Å². The van der Waals surface area contributed by atoms with Crippen molar-refractivity contribution >= 4 is 17.1 Å². The molecule has 0 aliphatic heterocycles. The Kier molecular flexibility index (Phi) is 5.15. The maximum Gasteiger partial charge on any atom is 0.273 e. The van der Waals surface area contributed by atoms with E-state index >= 15 is 0 Å². The smallest absolute Gasteiger partial charge is 0.273 e. The number of hydrogen-bond acceptors (Lipinski definition) is 4. The minimum Gasteiger partial charge on any atom is -0.385 e. The normalized spacial score (nSPS) is 12.3. The summed E-state index contributed by atoms with van der Waals surface area (Å²) < 4.78 is 0. The van der Waals surface area contributed by atoms with Crippen LogP contribution in [0.4, 0.5) is 17.1 Å². The third-order valence-corrected chi connectivity index (χ3v) is 3.48. The monoisotopic (exact) mass is 265 g/mol. The van der Waals surface area contributed by atoms with Gasteiger partial charge in [-0.05, 0) is 25.8 Å². The summed E-state index contributed by atoms with van der Waals surface area (Å²) in [5.41, 5.74) is 1.78. The number of benzene rings is 1. The van der Waals surface area contributed by atoms with Crippen LogP contribution < -0.4 is 10.2 Å². The van der Waals surface area contributed by atoms with Crippen molar-refractivity contribution in [1.29, 1.82) is 0 Å². The average molecular weight is 265 g/mol. The lowest BCUT2D eigenvalue weighted by molar-refractivity contribution is -0.384. The molecule has 0 aliphatic rings. The number of non-ortho nitro benzene ring substituents is 1. The summed E-state index contributed by atoms with van der Waals surface area (Å²) in [7, 11) is 1.97. The Morgan fingerprint density at radius 2 is 1.95 bits per heavy atom. The van der Waals surface area contributed by atoms with Gasteiger partial charge in [0, 0.05) is 43.1 Å². The van der Waals surface area contributed by atoms with Gasteiger partial charge in [-0.2, -0.15) is 0 Å². The molecular weight excluding hydrogens is 242 g/mol. The van der Waals surface area contributed by atoms with E-state index in [9.17, 15) is 10.1 Å². The van der Waals surface area contributed by atoms with Crippen LogP contribution in [-0.4, -0.2) is 24.6 Å². The Labute approximate surface area is 114 Å². The first-order valence-electron chi connectivity index (χ1n) is 6.63. The Morgan fingerprint density at radius 3 is 2.42 bits per heavy atom. The lowest BCUT2D eigenvalue weighted by Gasteiger charge is -2.30. The largest absolute Gasteiger partial charge is 0.385 e. The fourth-order valence-corrected chi connectivity index (χ4v) is 1.89. The van der Waals surface area contributed by atoms with Gasteiger partial charge in [-0.25, -0.2) is 0 Å². The van der Waals surface area contributed by atoms with Gasteiger partial charge in [-0.3, -0.25) is 10.1 Å². The first-order valence-corrected chi connectivity index (χ1v) is 6.63. The van der Waals surface area contributed by atoms with Crippen molar-refractivity contribution in [3.05, 3.63) is 28.3 Å². The molecule has 0 saturated carbocycles. The SMILES string of the molecule is CCNc1cc(N(C)C(C)C(C)C)cc([N+](=O)[O-])c1. The van der Waals surface area contributed by atoms with E-state index in [4.69, 9.17) is 0 Å². The standard InChI is InChI=1S/C14H23N3O2/c1-6-15-12-7-13(9-14(8-12)17(18)19)16(5)11(4)10(2)3/h7-11,15H,6H2,1-5H3. The fraction of sp³-hybridized carbons (Fsp3) is 0.571. The molecule has 5 nitrogen and oxygen atoms in total. The molecule has 1 unspecified atom stereocenters. The van der Waals surface area contributed by atoms with Gasteiger partial charge in [-0.1, -0.05) is 13.8 Å². The maximum atomic E-state index is 11.0. The number of anilines is 2. The van der Waals surface area contributed by atoms with E-state index in [2.05, 4.69) is 31.0 Å². The zero-order valence-electron chi connectivity index (χ0n) is 12.3. The summed E-state index contributed by atoms with van der Waals surface area (Å²) in [6.07, 6.45) is 0. The first-order chi connectivity index (χ1) is 8.86. The molecule has 0 heterocycles. The van der Waals surface area contributed by atoms with Gasteiger partial charge in [0.2, 0.25) is 0 Å². The molecule has 106 valence electrons. The molecule has 1 atom stereocenters. The number of rotatable bonds is 6. The topological polar surface area (TPSA) is 58.4 Å². The third-order valence-electron chi connectivity index (χ3n) is 3.48. The summed E-state index contributed by atoms with van der Waals surface area (Å²) in [5, 5.41) is 14.1. The van der Waals surface area contributed by atoms with E-state index in [-0.39, 0.29) is 10.6 Å². The number of nitro groups is 1. The summed E-state index contributed by atoms with van der Waals surface area (Å²) >= 11 is 0. The van der Waals surface area contributed by atoms with Crippen LogP contribution in [0.5, 0.6) is 0 Å². The molecule has 1 rings (SSSR count). The van der Waals surface area contributed by atoms with Crippen molar-refractivity contribution < 1.29 is 4.92 Å². The van der Waals surface area contributed by atoms with E-state index in [1.807, 2.05) is 20.0 Å². The van der Waals surface area contributed by atoms with Crippen molar-refractivity contribution in [2.45, 2.75) is 33.7 Å². The van der Waals surface area contributed by atoms with Crippen molar-refractivity contribution in [2.75, 3.05) is 23.8 Å². The highest BCUT2D eigenvalue weighted by Crippen LogP contribution is 2.28. The molecule has 0 bridgehead atoms. The minimum atomic E-state index is -0.349. The Balaban J connectivity index is 3.15. The van der Waals surface area contributed by atoms with E-state index in [0.29, 0.717) is 12.0 Å². The summed E-state index contributed by atoms with van der Waals surface area (Å²) in [6.45, 7) is 9.12. The Morgan fingerprint density at radius 1 is 1.32 bits per heavy atom. The van der Waals surface area contributed by atoms with E-state index in [0.717, 1.165) is 17.9 Å². The second-order valence-corrected chi connectivity index (χ2v) is 5.12. The van der Waals surface area contributed by atoms with Crippen LogP contribution in [0.15, 0.2) is 18.2 Å². The third kappa shape index (κ3) is 3.84. The van der Waals surface area contributed by atoms with Crippen LogP contribution >= 0.6 is 0 Å². The van der Waals surface area contributed by atoms with Gasteiger partial charge in [0.1, 0.15) is 0 Å². The highest BCUT2D eigenvalue weighted by Gasteiger charge is 2.17. The van der Waals surface area contributed by atoms with Crippen molar-refractivity contribution in [2.24, 2.45) is 5.92 Å². The van der Waals surface area contributed by atoms with Gasteiger partial charge >= 0.3 is 0 Å². The molecule has 0 aromatic heterocycles. The fourth-order valence-electron chi connectivity index (χ4n) is 1.89. The molecule has 19 heavy (non-hydrogen) atoms. The predicted octanol–water partition coefficient (Wildman–Crippen LogP) is 3.51. The lowest BCUT2D eigenvalue weighted by Crippen LogP contribution is -2.33. The van der Waals surface area contributed by atoms with Crippen LogP contribution in [0.3, 0.4) is 0 Å². The zero-order valence-corrected chi connectivity index (χ0v) is 12.3. The highest BCUT2D eigenvalue weighted by atomic mass is 16.6.